The van der Waals surface area contributed by atoms with Gasteiger partial charge < -0.3 is 4.84 Å². The van der Waals surface area contributed by atoms with Crippen LogP contribution in [0.3, 0.4) is 0 Å². The van der Waals surface area contributed by atoms with Crippen LogP contribution in [-0.2, 0) is 4.79 Å². The Morgan fingerprint density at radius 3 is 2.83 bits per heavy atom. The monoisotopic (exact) mass is 360 g/mol. The fraction of sp³-hybridized carbons (Fsp3) is 0.133. The van der Waals surface area contributed by atoms with E-state index in [1.165, 1.54) is 21.6 Å². The SMILES string of the molecule is O=C(CCSSc1ccccn1)On1nnc2ccccc2c1=O. The molecule has 0 spiro atoms. The summed E-state index contributed by atoms with van der Waals surface area (Å²) in [6, 6.07) is 12.4. The van der Waals surface area contributed by atoms with Crippen LogP contribution in [0.2, 0.25) is 0 Å². The highest BCUT2D eigenvalue weighted by Gasteiger charge is 2.10. The van der Waals surface area contributed by atoms with Gasteiger partial charge in [0.2, 0.25) is 0 Å². The predicted octanol–water partition coefficient (Wildman–Crippen LogP) is 1.97. The van der Waals surface area contributed by atoms with Crippen molar-refractivity contribution in [3.05, 3.63) is 59.0 Å². The van der Waals surface area contributed by atoms with Crippen LogP contribution in [0.25, 0.3) is 10.9 Å². The van der Waals surface area contributed by atoms with Crippen LogP contribution in [-0.4, -0.2) is 31.9 Å². The van der Waals surface area contributed by atoms with E-state index in [0.29, 0.717) is 21.5 Å². The predicted molar refractivity (Wildman–Crippen MR) is 92.6 cm³/mol. The van der Waals surface area contributed by atoms with Gasteiger partial charge in [0.15, 0.2) is 0 Å². The molecule has 0 saturated heterocycles. The highest BCUT2D eigenvalue weighted by molar-refractivity contribution is 8.76. The summed E-state index contributed by atoms with van der Waals surface area (Å²) in [4.78, 5) is 33.7. The number of hydrogen-bond donors (Lipinski definition) is 0. The maximum Gasteiger partial charge on any atom is 0.336 e. The van der Waals surface area contributed by atoms with Crippen molar-refractivity contribution < 1.29 is 9.63 Å². The summed E-state index contributed by atoms with van der Waals surface area (Å²) < 4.78 is 0. The summed E-state index contributed by atoms with van der Waals surface area (Å²) in [5, 5.41) is 8.68. The molecule has 9 heteroatoms. The van der Waals surface area contributed by atoms with E-state index in [2.05, 4.69) is 15.3 Å². The first-order valence-corrected chi connectivity index (χ1v) is 9.32. The standard InChI is InChI=1S/C15H12N4O3S2/c20-14(8-10-23-24-13-7-3-4-9-16-13)22-19-15(21)11-5-1-2-6-12(11)17-18-19/h1-7,9H,8,10H2. The van der Waals surface area contributed by atoms with E-state index in [9.17, 15) is 9.59 Å². The number of hydrogen-bond acceptors (Lipinski definition) is 8. The quantitative estimate of drug-likeness (QED) is 0.375. The van der Waals surface area contributed by atoms with Crippen LogP contribution >= 0.6 is 21.6 Å². The number of benzene rings is 1. The fourth-order valence-electron chi connectivity index (χ4n) is 1.80. The Morgan fingerprint density at radius 2 is 2.00 bits per heavy atom. The molecular weight excluding hydrogens is 348 g/mol. The van der Waals surface area contributed by atoms with E-state index in [0.717, 1.165) is 5.03 Å². The number of nitrogens with zero attached hydrogens (tertiary/aromatic N) is 4. The van der Waals surface area contributed by atoms with Crippen molar-refractivity contribution >= 4 is 38.5 Å². The Kier molecular flexibility index (Phi) is 5.44. The lowest BCUT2D eigenvalue weighted by Crippen LogP contribution is -2.33. The van der Waals surface area contributed by atoms with Gasteiger partial charge in [-0.1, -0.05) is 29.0 Å². The van der Waals surface area contributed by atoms with E-state index in [4.69, 9.17) is 4.84 Å². The van der Waals surface area contributed by atoms with Crippen molar-refractivity contribution in [3.8, 4) is 0 Å². The molecule has 0 amide bonds. The maximum atomic E-state index is 12.1. The van der Waals surface area contributed by atoms with E-state index in [1.54, 1.807) is 30.5 Å². The second kappa shape index (κ2) is 7.93. The van der Waals surface area contributed by atoms with Crippen LogP contribution < -0.4 is 10.4 Å². The van der Waals surface area contributed by atoms with Gasteiger partial charge >= 0.3 is 11.5 Å². The molecule has 0 bridgehead atoms. The van der Waals surface area contributed by atoms with Gasteiger partial charge in [0.1, 0.15) is 10.5 Å². The van der Waals surface area contributed by atoms with Crippen molar-refractivity contribution in [1.82, 2.24) is 20.1 Å². The number of carbonyl (C=O) groups is 1. The number of rotatable bonds is 6. The van der Waals surface area contributed by atoms with Gasteiger partial charge in [0.05, 0.1) is 11.8 Å². The van der Waals surface area contributed by atoms with Gasteiger partial charge in [-0.15, -0.1) is 5.10 Å². The van der Waals surface area contributed by atoms with Gasteiger partial charge in [-0.3, -0.25) is 4.79 Å². The van der Waals surface area contributed by atoms with Crippen LogP contribution in [0, 0.1) is 0 Å². The highest BCUT2D eigenvalue weighted by Crippen LogP contribution is 2.29. The molecular formula is C15H12N4O3S2. The fourth-order valence-corrected chi connectivity index (χ4v) is 3.65. The lowest BCUT2D eigenvalue weighted by atomic mass is 10.2. The minimum absolute atomic E-state index is 0.144. The minimum Gasteiger partial charge on any atom is -0.314 e. The summed E-state index contributed by atoms with van der Waals surface area (Å²) in [6.07, 6.45) is 1.85. The van der Waals surface area contributed by atoms with Crippen molar-refractivity contribution in [2.24, 2.45) is 0 Å². The first-order valence-electron chi connectivity index (χ1n) is 7.00. The smallest absolute Gasteiger partial charge is 0.314 e. The molecule has 122 valence electrons. The van der Waals surface area contributed by atoms with Gasteiger partial charge in [-0.2, -0.15) is 0 Å². The molecule has 0 saturated carbocycles. The number of aromatic nitrogens is 4. The Morgan fingerprint density at radius 1 is 1.17 bits per heavy atom. The molecule has 0 fully saturated rings. The molecule has 0 aliphatic carbocycles. The lowest BCUT2D eigenvalue weighted by Gasteiger charge is -2.04. The molecule has 0 N–H and O–H groups in total. The van der Waals surface area contributed by atoms with E-state index in [-0.39, 0.29) is 6.42 Å². The van der Waals surface area contributed by atoms with Gasteiger partial charge in [-0.25, -0.2) is 9.78 Å². The van der Waals surface area contributed by atoms with Crippen LogP contribution in [0.4, 0.5) is 0 Å². The highest BCUT2D eigenvalue weighted by atomic mass is 33.1. The summed E-state index contributed by atoms with van der Waals surface area (Å²) in [5.41, 5.74) is -0.0541. The zero-order chi connectivity index (χ0) is 16.8. The Hall–Kier alpha value is -2.39. The topological polar surface area (TPSA) is 87.0 Å². The van der Waals surface area contributed by atoms with Gasteiger partial charge in [0.25, 0.3) is 0 Å². The average molecular weight is 360 g/mol. The average Bonchev–Trinajstić information content (AvgIpc) is 2.62. The van der Waals surface area contributed by atoms with Crippen molar-refractivity contribution in [3.63, 3.8) is 0 Å². The lowest BCUT2D eigenvalue weighted by molar-refractivity contribution is -0.146. The summed E-state index contributed by atoms with van der Waals surface area (Å²) in [7, 11) is 2.96. The molecule has 1 aromatic carbocycles. The van der Waals surface area contributed by atoms with Gasteiger partial charge in [0, 0.05) is 11.9 Å². The van der Waals surface area contributed by atoms with E-state index >= 15 is 0 Å². The first kappa shape index (κ1) is 16.5. The molecule has 24 heavy (non-hydrogen) atoms. The number of fused-ring (bicyclic) bond motifs is 1. The molecule has 3 aromatic rings. The van der Waals surface area contributed by atoms with Crippen LogP contribution in [0.1, 0.15) is 6.42 Å². The minimum atomic E-state index is -0.546. The van der Waals surface area contributed by atoms with E-state index in [1.807, 2.05) is 18.2 Å². The third kappa shape index (κ3) is 4.12. The second-order valence-electron chi connectivity index (χ2n) is 4.57. The molecule has 2 heterocycles. The van der Waals surface area contributed by atoms with Crippen molar-refractivity contribution in [1.29, 1.82) is 0 Å². The second-order valence-corrected chi connectivity index (χ2v) is 7.01. The van der Waals surface area contributed by atoms with Crippen LogP contribution in [0.15, 0.2) is 58.5 Å². The third-order valence-corrected chi connectivity index (χ3v) is 5.17. The van der Waals surface area contributed by atoms with Crippen molar-refractivity contribution in [2.45, 2.75) is 11.4 Å². The maximum absolute atomic E-state index is 12.1. The first-order chi connectivity index (χ1) is 11.7. The number of pyridine rings is 1. The summed E-state index contributed by atoms with van der Waals surface area (Å²) >= 11 is 0. The molecule has 7 nitrogen and oxygen atoms in total. The van der Waals surface area contributed by atoms with Crippen LogP contribution in [0.5, 0.6) is 0 Å². The summed E-state index contributed by atoms with van der Waals surface area (Å²) in [5.74, 6) is -0.0219. The Labute approximate surface area is 144 Å². The summed E-state index contributed by atoms with van der Waals surface area (Å²) in [6.45, 7) is 0. The largest absolute Gasteiger partial charge is 0.336 e. The molecule has 0 aliphatic heterocycles. The zero-order valence-electron chi connectivity index (χ0n) is 12.4. The molecule has 0 atom stereocenters. The molecule has 3 rings (SSSR count). The Bertz CT molecular complexity index is 902. The zero-order valence-corrected chi connectivity index (χ0v) is 14.0. The Balaban J connectivity index is 1.53. The molecule has 2 aromatic heterocycles. The molecule has 0 radical (unpaired) electrons. The van der Waals surface area contributed by atoms with Gasteiger partial charge in [-0.05, 0) is 45.1 Å². The van der Waals surface area contributed by atoms with E-state index < -0.39 is 11.5 Å². The van der Waals surface area contributed by atoms with Crippen molar-refractivity contribution in [2.75, 3.05) is 5.75 Å². The number of carbonyl (C=O) groups excluding carboxylic acids is 1. The molecule has 0 aliphatic rings. The molecule has 0 unspecified atom stereocenters. The normalized spacial score (nSPS) is 10.7. The third-order valence-electron chi connectivity index (χ3n) is 2.90.